The van der Waals surface area contributed by atoms with Crippen LogP contribution >= 0.6 is 0 Å². The number of aliphatic hydroxyl groups excluding tert-OH is 1. The molecule has 2 aliphatic rings. The van der Waals surface area contributed by atoms with Crippen molar-refractivity contribution in [1.29, 1.82) is 0 Å². The van der Waals surface area contributed by atoms with Gasteiger partial charge in [-0.2, -0.15) is 0 Å². The lowest BCUT2D eigenvalue weighted by Crippen LogP contribution is -2.41. The normalized spacial score (nSPS) is 27.5. The molecule has 0 aromatic heterocycles. The number of hydrogen-bond donors (Lipinski definition) is 1. The average Bonchev–Trinajstić information content (AvgIpc) is 2.99. The van der Waals surface area contributed by atoms with E-state index in [1.165, 1.54) is 51.6 Å². The molecule has 2 fully saturated rings. The highest BCUT2D eigenvalue weighted by molar-refractivity contribution is 4.81. The highest BCUT2D eigenvalue weighted by atomic mass is 16.3. The summed E-state index contributed by atoms with van der Waals surface area (Å²) in [5.74, 6) is 0.794. The fraction of sp³-hybridized carbons (Fsp3) is 1.00. The maximum absolute atomic E-state index is 10.2. The molecule has 112 valence electrons. The first-order valence-electron chi connectivity index (χ1n) is 8.29. The molecule has 0 aromatic carbocycles. The van der Waals surface area contributed by atoms with E-state index in [1.54, 1.807) is 0 Å². The fourth-order valence-electron chi connectivity index (χ4n) is 4.02. The Balaban J connectivity index is 1.66. The quantitative estimate of drug-likeness (QED) is 0.768. The Hall–Kier alpha value is -0.120. The molecule has 1 saturated heterocycles. The molecule has 0 spiro atoms. The van der Waals surface area contributed by atoms with E-state index in [-0.39, 0.29) is 6.10 Å². The standard InChI is InChI=1S/C16H32N2O/c1-3-18-10-6-9-15(18)12-17(2)13-16(19)11-14-7-4-5-8-14/h14-16,19H,3-13H2,1-2H3. The van der Waals surface area contributed by atoms with Crippen LogP contribution in [0.4, 0.5) is 0 Å². The summed E-state index contributed by atoms with van der Waals surface area (Å²) >= 11 is 0. The van der Waals surface area contributed by atoms with Crippen LogP contribution in [-0.2, 0) is 0 Å². The summed E-state index contributed by atoms with van der Waals surface area (Å²) in [7, 11) is 2.17. The summed E-state index contributed by atoms with van der Waals surface area (Å²) in [5.41, 5.74) is 0. The molecule has 19 heavy (non-hydrogen) atoms. The lowest BCUT2D eigenvalue weighted by Gasteiger charge is -2.29. The van der Waals surface area contributed by atoms with E-state index < -0.39 is 0 Å². The van der Waals surface area contributed by atoms with Crippen molar-refractivity contribution in [2.24, 2.45) is 5.92 Å². The first-order valence-corrected chi connectivity index (χ1v) is 8.29. The van der Waals surface area contributed by atoms with E-state index in [2.05, 4.69) is 23.8 Å². The summed E-state index contributed by atoms with van der Waals surface area (Å²) in [4.78, 5) is 4.93. The van der Waals surface area contributed by atoms with Gasteiger partial charge in [-0.25, -0.2) is 0 Å². The van der Waals surface area contributed by atoms with Gasteiger partial charge in [-0.15, -0.1) is 0 Å². The van der Waals surface area contributed by atoms with Gasteiger partial charge in [0.25, 0.3) is 0 Å². The van der Waals surface area contributed by atoms with Gasteiger partial charge in [0.1, 0.15) is 0 Å². The van der Waals surface area contributed by atoms with Crippen molar-refractivity contribution in [2.75, 3.05) is 33.2 Å². The fourth-order valence-corrected chi connectivity index (χ4v) is 4.02. The number of hydrogen-bond acceptors (Lipinski definition) is 3. The molecule has 1 aliphatic heterocycles. The van der Waals surface area contributed by atoms with Crippen LogP contribution in [0.5, 0.6) is 0 Å². The van der Waals surface area contributed by atoms with E-state index >= 15 is 0 Å². The SMILES string of the molecule is CCN1CCCC1CN(C)CC(O)CC1CCCC1. The molecule has 0 amide bonds. The van der Waals surface area contributed by atoms with Crippen molar-refractivity contribution >= 4 is 0 Å². The summed E-state index contributed by atoms with van der Waals surface area (Å²) in [6, 6.07) is 0.716. The van der Waals surface area contributed by atoms with Crippen molar-refractivity contribution in [3.8, 4) is 0 Å². The third-order valence-electron chi connectivity index (χ3n) is 5.03. The number of likely N-dealkylation sites (tertiary alicyclic amines) is 1. The van der Waals surface area contributed by atoms with E-state index in [0.29, 0.717) is 6.04 Å². The summed E-state index contributed by atoms with van der Waals surface area (Å²) in [6.07, 6.45) is 9.01. The third-order valence-corrected chi connectivity index (χ3v) is 5.03. The van der Waals surface area contributed by atoms with Crippen molar-refractivity contribution < 1.29 is 5.11 Å². The van der Waals surface area contributed by atoms with E-state index in [0.717, 1.165) is 25.4 Å². The molecule has 2 rings (SSSR count). The maximum atomic E-state index is 10.2. The second kappa shape index (κ2) is 7.61. The zero-order valence-electron chi connectivity index (χ0n) is 12.9. The largest absolute Gasteiger partial charge is 0.392 e. The van der Waals surface area contributed by atoms with Gasteiger partial charge in [0, 0.05) is 19.1 Å². The number of rotatable bonds is 7. The molecule has 3 heteroatoms. The molecule has 2 atom stereocenters. The first kappa shape index (κ1) is 15.3. The predicted octanol–water partition coefficient (Wildman–Crippen LogP) is 2.34. The second-order valence-electron chi connectivity index (χ2n) is 6.69. The van der Waals surface area contributed by atoms with Crippen LogP contribution in [0.2, 0.25) is 0 Å². The van der Waals surface area contributed by atoms with Gasteiger partial charge in [0.05, 0.1) is 6.10 Å². The molecule has 1 N–H and O–H groups in total. The summed E-state index contributed by atoms with van der Waals surface area (Å²) in [6.45, 7) is 6.66. The van der Waals surface area contributed by atoms with Gasteiger partial charge in [-0.05, 0) is 45.3 Å². The summed E-state index contributed by atoms with van der Waals surface area (Å²) in [5, 5.41) is 10.2. The molecular weight excluding hydrogens is 236 g/mol. The van der Waals surface area contributed by atoms with Crippen LogP contribution in [0.25, 0.3) is 0 Å². The molecular formula is C16H32N2O. The van der Waals surface area contributed by atoms with Crippen LogP contribution in [-0.4, -0.2) is 60.3 Å². The minimum absolute atomic E-state index is 0.121. The Labute approximate surface area is 119 Å². The van der Waals surface area contributed by atoms with Crippen LogP contribution in [0.15, 0.2) is 0 Å². The molecule has 0 radical (unpaired) electrons. The monoisotopic (exact) mass is 268 g/mol. The van der Waals surface area contributed by atoms with Crippen LogP contribution < -0.4 is 0 Å². The van der Waals surface area contributed by atoms with Gasteiger partial charge in [0.2, 0.25) is 0 Å². The lowest BCUT2D eigenvalue weighted by atomic mass is 10.00. The molecule has 0 aromatic rings. The minimum atomic E-state index is -0.121. The van der Waals surface area contributed by atoms with Crippen LogP contribution in [0, 0.1) is 5.92 Å². The van der Waals surface area contributed by atoms with Gasteiger partial charge >= 0.3 is 0 Å². The summed E-state index contributed by atoms with van der Waals surface area (Å²) < 4.78 is 0. The zero-order chi connectivity index (χ0) is 13.7. The minimum Gasteiger partial charge on any atom is -0.392 e. The molecule has 1 heterocycles. The molecule has 3 nitrogen and oxygen atoms in total. The number of likely N-dealkylation sites (N-methyl/N-ethyl adjacent to an activating group) is 2. The molecule has 1 aliphatic carbocycles. The van der Waals surface area contributed by atoms with Gasteiger partial charge in [-0.3, -0.25) is 4.90 Å². The first-order chi connectivity index (χ1) is 9.19. The average molecular weight is 268 g/mol. The highest BCUT2D eigenvalue weighted by Gasteiger charge is 2.25. The second-order valence-corrected chi connectivity index (χ2v) is 6.69. The van der Waals surface area contributed by atoms with Crippen molar-refractivity contribution in [3.63, 3.8) is 0 Å². The Morgan fingerprint density at radius 3 is 2.63 bits per heavy atom. The Bertz CT molecular complexity index is 253. The maximum Gasteiger partial charge on any atom is 0.0669 e. The van der Waals surface area contributed by atoms with Gasteiger partial charge in [0.15, 0.2) is 0 Å². The molecule has 0 bridgehead atoms. The van der Waals surface area contributed by atoms with E-state index in [9.17, 15) is 5.11 Å². The van der Waals surface area contributed by atoms with Crippen LogP contribution in [0.1, 0.15) is 51.9 Å². The Morgan fingerprint density at radius 2 is 1.95 bits per heavy atom. The number of nitrogens with zero attached hydrogens (tertiary/aromatic N) is 2. The third kappa shape index (κ3) is 4.73. The highest BCUT2D eigenvalue weighted by Crippen LogP contribution is 2.28. The molecule has 1 saturated carbocycles. The lowest BCUT2D eigenvalue weighted by molar-refractivity contribution is 0.0900. The van der Waals surface area contributed by atoms with Crippen molar-refractivity contribution in [1.82, 2.24) is 9.80 Å². The van der Waals surface area contributed by atoms with Crippen molar-refractivity contribution in [3.05, 3.63) is 0 Å². The number of aliphatic hydroxyl groups is 1. The van der Waals surface area contributed by atoms with Gasteiger partial charge in [-0.1, -0.05) is 32.6 Å². The van der Waals surface area contributed by atoms with Gasteiger partial charge < -0.3 is 10.0 Å². The van der Waals surface area contributed by atoms with Crippen molar-refractivity contribution in [2.45, 2.75) is 64.0 Å². The van der Waals surface area contributed by atoms with E-state index in [1.807, 2.05) is 0 Å². The van der Waals surface area contributed by atoms with E-state index in [4.69, 9.17) is 0 Å². The zero-order valence-corrected chi connectivity index (χ0v) is 12.9. The Kier molecular flexibility index (Phi) is 6.11. The predicted molar refractivity (Wildman–Crippen MR) is 80.3 cm³/mol. The Morgan fingerprint density at radius 1 is 1.21 bits per heavy atom. The van der Waals surface area contributed by atoms with Crippen LogP contribution in [0.3, 0.4) is 0 Å². The smallest absolute Gasteiger partial charge is 0.0669 e. The topological polar surface area (TPSA) is 26.7 Å². The molecule has 2 unspecified atom stereocenters.